The van der Waals surface area contributed by atoms with Gasteiger partial charge in [-0.05, 0) is 19.3 Å². The highest BCUT2D eigenvalue weighted by atomic mass is 16.5. The van der Waals surface area contributed by atoms with E-state index >= 15 is 0 Å². The van der Waals surface area contributed by atoms with Crippen molar-refractivity contribution in [3.63, 3.8) is 0 Å². The number of rotatable bonds is 4. The fourth-order valence-corrected chi connectivity index (χ4v) is 1.56. The van der Waals surface area contributed by atoms with Gasteiger partial charge < -0.3 is 15.2 Å². The van der Waals surface area contributed by atoms with E-state index in [-0.39, 0.29) is 24.5 Å². The number of amides is 1. The summed E-state index contributed by atoms with van der Waals surface area (Å²) < 4.78 is 5.19. The second-order valence-corrected chi connectivity index (χ2v) is 3.68. The minimum atomic E-state index is -0.252. The molecule has 1 aliphatic heterocycles. The van der Waals surface area contributed by atoms with E-state index in [1.807, 2.05) is 6.92 Å². The van der Waals surface area contributed by atoms with Gasteiger partial charge in [-0.15, -0.1) is 0 Å². The molecule has 0 aromatic carbocycles. The minimum Gasteiger partial charge on any atom is -0.396 e. The van der Waals surface area contributed by atoms with Crippen molar-refractivity contribution < 1.29 is 14.6 Å². The van der Waals surface area contributed by atoms with E-state index in [0.29, 0.717) is 6.42 Å². The van der Waals surface area contributed by atoms with Gasteiger partial charge in [0.2, 0.25) is 5.91 Å². The van der Waals surface area contributed by atoms with Gasteiger partial charge in [-0.25, -0.2) is 0 Å². The molecule has 0 aliphatic carbocycles. The van der Waals surface area contributed by atoms with Crippen LogP contribution in [0.15, 0.2) is 0 Å². The van der Waals surface area contributed by atoms with Crippen molar-refractivity contribution in [2.24, 2.45) is 5.92 Å². The Morgan fingerprint density at radius 2 is 2.21 bits per heavy atom. The number of aliphatic hydroxyl groups excluding tert-OH is 1. The zero-order valence-corrected chi connectivity index (χ0v) is 8.66. The number of ether oxygens (including phenoxy) is 1. The van der Waals surface area contributed by atoms with Crippen molar-refractivity contribution in [3.8, 4) is 0 Å². The molecule has 4 nitrogen and oxygen atoms in total. The molecular formula is C10H19NO3. The van der Waals surface area contributed by atoms with Gasteiger partial charge in [0.25, 0.3) is 0 Å². The molecule has 82 valence electrons. The molecule has 0 saturated carbocycles. The van der Waals surface area contributed by atoms with E-state index in [0.717, 1.165) is 26.1 Å². The number of carbonyl (C=O) groups is 1. The number of hydrogen-bond acceptors (Lipinski definition) is 3. The largest absolute Gasteiger partial charge is 0.396 e. The summed E-state index contributed by atoms with van der Waals surface area (Å²) in [6.45, 7) is 3.29. The van der Waals surface area contributed by atoms with E-state index in [2.05, 4.69) is 5.32 Å². The summed E-state index contributed by atoms with van der Waals surface area (Å²) in [6, 6.07) is 0.233. The maximum absolute atomic E-state index is 11.6. The van der Waals surface area contributed by atoms with Gasteiger partial charge in [0.15, 0.2) is 0 Å². The van der Waals surface area contributed by atoms with Crippen molar-refractivity contribution in [2.45, 2.75) is 32.2 Å². The first-order valence-corrected chi connectivity index (χ1v) is 5.27. The summed E-state index contributed by atoms with van der Waals surface area (Å²) in [7, 11) is 0. The smallest absolute Gasteiger partial charge is 0.225 e. The Bertz CT molecular complexity index is 174. The summed E-state index contributed by atoms with van der Waals surface area (Å²) in [5.74, 6) is -0.278. The molecule has 1 fully saturated rings. The molecule has 0 aromatic rings. The van der Waals surface area contributed by atoms with Crippen LogP contribution in [-0.2, 0) is 9.53 Å². The first-order valence-electron chi connectivity index (χ1n) is 5.27. The Balaban J connectivity index is 2.30. The van der Waals surface area contributed by atoms with Crippen LogP contribution in [0.3, 0.4) is 0 Å². The quantitative estimate of drug-likeness (QED) is 0.687. The van der Waals surface area contributed by atoms with Crippen LogP contribution in [0.4, 0.5) is 0 Å². The zero-order valence-electron chi connectivity index (χ0n) is 8.66. The number of hydrogen-bond donors (Lipinski definition) is 2. The van der Waals surface area contributed by atoms with Crippen LogP contribution in [0.2, 0.25) is 0 Å². The maximum atomic E-state index is 11.6. The van der Waals surface area contributed by atoms with E-state index in [9.17, 15) is 4.79 Å². The van der Waals surface area contributed by atoms with Crippen LogP contribution in [0.5, 0.6) is 0 Å². The molecule has 1 unspecified atom stereocenters. The molecule has 1 heterocycles. The van der Waals surface area contributed by atoms with Gasteiger partial charge in [0, 0.05) is 19.3 Å². The Labute approximate surface area is 84.6 Å². The lowest BCUT2D eigenvalue weighted by Crippen LogP contribution is -2.42. The second-order valence-electron chi connectivity index (χ2n) is 3.68. The topological polar surface area (TPSA) is 58.6 Å². The average Bonchev–Trinajstić information content (AvgIpc) is 2.21. The molecule has 4 heteroatoms. The van der Waals surface area contributed by atoms with Crippen molar-refractivity contribution in [1.82, 2.24) is 5.32 Å². The monoisotopic (exact) mass is 201 g/mol. The molecule has 0 bridgehead atoms. The Kier molecular flexibility index (Phi) is 4.90. The van der Waals surface area contributed by atoms with E-state index in [4.69, 9.17) is 9.84 Å². The van der Waals surface area contributed by atoms with Gasteiger partial charge in [0.05, 0.1) is 12.5 Å². The molecule has 0 aromatic heterocycles. The van der Waals surface area contributed by atoms with Crippen LogP contribution >= 0.6 is 0 Å². The molecule has 14 heavy (non-hydrogen) atoms. The zero-order chi connectivity index (χ0) is 10.4. The standard InChI is InChI=1S/C10H19NO3/c1-2-8(7-12)10(13)11-9-3-5-14-6-4-9/h8-9,12H,2-7H2,1H3,(H,11,13). The summed E-state index contributed by atoms with van der Waals surface area (Å²) >= 11 is 0. The molecule has 1 aliphatic rings. The number of nitrogens with one attached hydrogen (secondary N) is 1. The fourth-order valence-electron chi connectivity index (χ4n) is 1.56. The molecular weight excluding hydrogens is 182 g/mol. The summed E-state index contributed by atoms with van der Waals surface area (Å²) in [4.78, 5) is 11.6. The molecule has 1 saturated heterocycles. The summed E-state index contributed by atoms with van der Waals surface area (Å²) in [5, 5.41) is 11.9. The predicted octanol–water partition coefficient (Wildman–Crippen LogP) is 0.300. The first-order chi connectivity index (χ1) is 6.77. The number of carbonyl (C=O) groups excluding carboxylic acids is 1. The van der Waals surface area contributed by atoms with Gasteiger partial charge in [0.1, 0.15) is 0 Å². The third-order valence-electron chi connectivity index (χ3n) is 2.65. The fraction of sp³-hybridized carbons (Fsp3) is 0.900. The van der Waals surface area contributed by atoms with Crippen molar-refractivity contribution >= 4 is 5.91 Å². The van der Waals surface area contributed by atoms with Crippen LogP contribution in [0.25, 0.3) is 0 Å². The van der Waals surface area contributed by atoms with Gasteiger partial charge >= 0.3 is 0 Å². The predicted molar refractivity (Wildman–Crippen MR) is 52.9 cm³/mol. The van der Waals surface area contributed by atoms with Crippen molar-refractivity contribution in [2.75, 3.05) is 19.8 Å². The molecule has 0 spiro atoms. The average molecular weight is 201 g/mol. The molecule has 1 atom stereocenters. The molecule has 1 rings (SSSR count). The molecule has 2 N–H and O–H groups in total. The highest BCUT2D eigenvalue weighted by Crippen LogP contribution is 2.08. The van der Waals surface area contributed by atoms with Gasteiger partial charge in [-0.1, -0.05) is 6.92 Å². The Hall–Kier alpha value is -0.610. The van der Waals surface area contributed by atoms with E-state index in [1.54, 1.807) is 0 Å². The highest BCUT2D eigenvalue weighted by molar-refractivity contribution is 5.79. The molecule has 0 radical (unpaired) electrons. The minimum absolute atomic E-state index is 0.0260. The number of aliphatic hydroxyl groups is 1. The highest BCUT2D eigenvalue weighted by Gasteiger charge is 2.20. The lowest BCUT2D eigenvalue weighted by Gasteiger charge is -2.24. The van der Waals surface area contributed by atoms with Gasteiger partial charge in [-0.3, -0.25) is 4.79 Å². The lowest BCUT2D eigenvalue weighted by atomic mass is 10.0. The Morgan fingerprint density at radius 1 is 1.57 bits per heavy atom. The van der Waals surface area contributed by atoms with Crippen LogP contribution < -0.4 is 5.32 Å². The van der Waals surface area contributed by atoms with E-state index in [1.165, 1.54) is 0 Å². The lowest BCUT2D eigenvalue weighted by molar-refractivity contribution is -0.127. The second kappa shape index (κ2) is 5.98. The third-order valence-corrected chi connectivity index (χ3v) is 2.65. The summed E-state index contributed by atoms with van der Waals surface area (Å²) in [6.07, 6.45) is 2.45. The normalized spacial score (nSPS) is 20.4. The van der Waals surface area contributed by atoms with Crippen molar-refractivity contribution in [3.05, 3.63) is 0 Å². The van der Waals surface area contributed by atoms with E-state index < -0.39 is 0 Å². The Morgan fingerprint density at radius 3 is 2.71 bits per heavy atom. The SMILES string of the molecule is CCC(CO)C(=O)NC1CCOCC1. The first kappa shape index (κ1) is 11.5. The van der Waals surface area contributed by atoms with Crippen LogP contribution in [0.1, 0.15) is 26.2 Å². The molecule has 1 amide bonds. The van der Waals surface area contributed by atoms with Crippen LogP contribution in [0, 0.1) is 5.92 Å². The summed E-state index contributed by atoms with van der Waals surface area (Å²) in [5.41, 5.74) is 0. The maximum Gasteiger partial charge on any atom is 0.225 e. The van der Waals surface area contributed by atoms with Crippen LogP contribution in [-0.4, -0.2) is 36.9 Å². The third kappa shape index (κ3) is 3.27. The van der Waals surface area contributed by atoms with Gasteiger partial charge in [-0.2, -0.15) is 0 Å². The van der Waals surface area contributed by atoms with Crippen molar-refractivity contribution in [1.29, 1.82) is 0 Å².